The number of anilines is 2. The van der Waals surface area contributed by atoms with Gasteiger partial charge in [0, 0.05) is 48.7 Å². The minimum absolute atomic E-state index is 0.00916. The van der Waals surface area contributed by atoms with Crippen LogP contribution in [0.1, 0.15) is 56.8 Å². The first-order valence-electron chi connectivity index (χ1n) is 20.5. The van der Waals surface area contributed by atoms with Gasteiger partial charge in [0.05, 0.1) is 52.6 Å². The van der Waals surface area contributed by atoms with E-state index < -0.39 is 24.7 Å². The summed E-state index contributed by atoms with van der Waals surface area (Å²) in [7, 11) is 0. The van der Waals surface area contributed by atoms with Crippen molar-refractivity contribution >= 4 is 40.9 Å². The number of benzene rings is 4. The number of nitrogens with one attached hydrogen (secondary N) is 1. The number of nitrogens with zero attached hydrogens (tertiary/aromatic N) is 4. The number of carbonyl (C=O) groups excluding carboxylic acids is 5. The summed E-state index contributed by atoms with van der Waals surface area (Å²) >= 11 is 0. The van der Waals surface area contributed by atoms with Crippen molar-refractivity contribution in [2.24, 2.45) is 5.73 Å². The van der Waals surface area contributed by atoms with Crippen LogP contribution in [0.2, 0.25) is 0 Å². The van der Waals surface area contributed by atoms with Crippen LogP contribution in [0.25, 0.3) is 0 Å². The number of halogens is 2. The van der Waals surface area contributed by atoms with Crippen LogP contribution in [0.5, 0.6) is 0 Å². The fraction of sp³-hybridized carbons (Fsp3) is 0.370. The van der Waals surface area contributed by atoms with Crippen LogP contribution in [0, 0.1) is 0 Å². The fourth-order valence-electron chi connectivity index (χ4n) is 6.63. The minimum Gasteiger partial charge on any atom is -0.378 e. The van der Waals surface area contributed by atoms with Crippen molar-refractivity contribution in [3.63, 3.8) is 0 Å². The van der Waals surface area contributed by atoms with Gasteiger partial charge in [-0.05, 0) is 59.4 Å². The molecule has 13 nitrogen and oxygen atoms in total. The third kappa shape index (κ3) is 13.2. The highest BCUT2D eigenvalue weighted by Gasteiger charge is 2.26. The minimum atomic E-state index is -3.17. The van der Waals surface area contributed by atoms with Crippen molar-refractivity contribution in [2.75, 3.05) is 75.5 Å². The topological polar surface area (TPSA) is 155 Å². The summed E-state index contributed by atoms with van der Waals surface area (Å²) in [5.74, 6) is -2.05. The first kappa shape index (κ1) is 46.0. The van der Waals surface area contributed by atoms with Crippen LogP contribution in [0.4, 0.5) is 29.7 Å². The number of nitrogens with two attached hydrogens (primary N) is 1. The summed E-state index contributed by atoms with van der Waals surface area (Å²) in [6.07, 6.45) is -1.32. The molecule has 15 heteroatoms. The summed E-state index contributed by atoms with van der Waals surface area (Å²) in [6, 6.07) is 29.6. The van der Waals surface area contributed by atoms with Gasteiger partial charge in [-0.3, -0.25) is 24.2 Å². The lowest BCUT2D eigenvalue weighted by Gasteiger charge is -2.33. The first-order chi connectivity index (χ1) is 29.5. The molecule has 4 aromatic rings. The Morgan fingerprint density at radius 1 is 0.590 bits per heavy atom. The van der Waals surface area contributed by atoms with Gasteiger partial charge in [-0.1, -0.05) is 86.6 Å². The van der Waals surface area contributed by atoms with E-state index in [1.807, 2.05) is 58.7 Å². The van der Waals surface area contributed by atoms with E-state index in [0.29, 0.717) is 64.7 Å². The molecule has 0 spiro atoms. The summed E-state index contributed by atoms with van der Waals surface area (Å²) in [4.78, 5) is 68.4. The molecule has 0 saturated carbocycles. The maximum atomic E-state index is 13.3. The molecule has 2 aliphatic heterocycles. The molecule has 0 aliphatic carbocycles. The van der Waals surface area contributed by atoms with Crippen LogP contribution >= 0.6 is 0 Å². The van der Waals surface area contributed by atoms with Crippen LogP contribution in [0.15, 0.2) is 97.1 Å². The number of ether oxygens (including phenoxy) is 2. The third-order valence-corrected chi connectivity index (χ3v) is 10.4. The van der Waals surface area contributed by atoms with Gasteiger partial charge in [-0.25, -0.2) is 9.59 Å². The van der Waals surface area contributed by atoms with E-state index >= 15 is 0 Å². The average molecular weight is 841 g/mol. The first-order valence-corrected chi connectivity index (χ1v) is 20.5. The molecule has 6 rings (SSSR count). The summed E-state index contributed by atoms with van der Waals surface area (Å²) in [5, 5.41) is 1.90. The molecule has 2 aliphatic rings. The highest BCUT2D eigenvalue weighted by molar-refractivity contribution is 6.00. The summed E-state index contributed by atoms with van der Waals surface area (Å²) < 4.78 is 35.3. The highest BCUT2D eigenvalue weighted by Crippen LogP contribution is 2.23. The Balaban J connectivity index is 0.000000234. The van der Waals surface area contributed by atoms with E-state index in [0.717, 1.165) is 35.3 Å². The van der Waals surface area contributed by atoms with E-state index in [9.17, 15) is 32.8 Å². The van der Waals surface area contributed by atoms with Crippen molar-refractivity contribution in [2.45, 2.75) is 46.2 Å². The van der Waals surface area contributed by atoms with Crippen LogP contribution < -0.4 is 20.9 Å². The van der Waals surface area contributed by atoms with Gasteiger partial charge in [0.25, 0.3) is 5.91 Å². The quantitative estimate of drug-likeness (QED) is 0.144. The molecule has 0 atom stereocenters. The number of hydrogen-bond donors (Lipinski definition) is 2. The van der Waals surface area contributed by atoms with E-state index in [2.05, 4.69) is 26.0 Å². The number of urea groups is 2. The van der Waals surface area contributed by atoms with Crippen LogP contribution in [0.3, 0.4) is 0 Å². The van der Waals surface area contributed by atoms with Crippen molar-refractivity contribution in [1.29, 1.82) is 0 Å². The van der Waals surface area contributed by atoms with E-state index in [1.54, 1.807) is 51.1 Å². The van der Waals surface area contributed by atoms with Crippen molar-refractivity contribution in [3.8, 4) is 0 Å². The molecule has 324 valence electrons. The monoisotopic (exact) mass is 840 g/mol. The molecule has 2 fully saturated rings. The molecule has 0 unspecified atom stereocenters. The number of aryl methyl sites for hydroxylation is 2. The Kier molecular flexibility index (Phi) is 17.4. The Hall–Kier alpha value is -6.03. The number of carbonyl (C=O) groups is 5. The highest BCUT2D eigenvalue weighted by atomic mass is 19.3. The van der Waals surface area contributed by atoms with Gasteiger partial charge in [-0.15, -0.1) is 0 Å². The van der Waals surface area contributed by atoms with Crippen molar-refractivity contribution < 1.29 is 42.2 Å². The number of ketones is 2. The predicted molar refractivity (Wildman–Crippen MR) is 229 cm³/mol. The lowest BCUT2D eigenvalue weighted by molar-refractivity contribution is -0.131. The number of rotatable bonds is 14. The lowest BCUT2D eigenvalue weighted by atomic mass is 10.1. The molecule has 0 bridgehead atoms. The molecule has 2 heterocycles. The number of alkyl halides is 2. The molecule has 61 heavy (non-hydrogen) atoms. The number of Topliss-reactive ketones (excluding diaryl/α,β-unsaturated/α-hetero) is 2. The molecule has 5 amide bonds. The summed E-state index contributed by atoms with van der Waals surface area (Å²) in [6.45, 7) is 8.69. The zero-order valence-corrected chi connectivity index (χ0v) is 34.7. The zero-order chi connectivity index (χ0) is 43.7. The largest absolute Gasteiger partial charge is 0.378 e. The second kappa shape index (κ2) is 23.1. The van der Waals surface area contributed by atoms with Gasteiger partial charge in [0.2, 0.25) is 0 Å². The average Bonchev–Trinajstić information content (AvgIpc) is 3.32. The molecule has 2 saturated heterocycles. The van der Waals surface area contributed by atoms with Crippen molar-refractivity contribution in [1.82, 2.24) is 15.1 Å². The number of morpholine rings is 2. The predicted octanol–water partition coefficient (Wildman–Crippen LogP) is 6.12. The van der Waals surface area contributed by atoms with Crippen LogP contribution in [-0.2, 0) is 40.2 Å². The zero-order valence-electron chi connectivity index (χ0n) is 34.7. The Bertz CT molecular complexity index is 2050. The molecule has 0 aromatic heterocycles. The lowest BCUT2D eigenvalue weighted by Crippen LogP contribution is -2.48. The van der Waals surface area contributed by atoms with E-state index in [-0.39, 0.29) is 36.5 Å². The SMILES string of the molecule is CCc1ccc(N(Cc2ccc(C(=O)CN)cc2)C(=O)N2CCOCC2)cc1.CCc1ccc(N(Cc2ccc(C(=O)CNC(=O)C(F)F)cc2)C(=O)N2CCOCC2)cc1. The standard InChI is InChI=1S/C24H27F2N3O4.C22H27N3O3/c1-2-17-5-9-20(10-6-17)29(24(32)28-11-13-33-14-12-28)16-18-3-7-19(8-4-18)21(30)15-27-23(31)22(25)26;1-2-17-5-9-20(10-6-17)25(22(27)24-11-13-28-14-12-24)16-18-3-7-19(8-4-18)21(26)15-23/h3-10,22H,2,11-16H2,1H3,(H,27,31);3-10H,2,11-16,23H2,1H3. The maximum absolute atomic E-state index is 13.3. The molecule has 3 N–H and O–H groups in total. The third-order valence-electron chi connectivity index (χ3n) is 10.4. The van der Waals surface area contributed by atoms with Crippen LogP contribution in [-0.4, -0.2) is 111 Å². The van der Waals surface area contributed by atoms with E-state index in [4.69, 9.17) is 15.2 Å². The maximum Gasteiger partial charge on any atom is 0.324 e. The fourth-order valence-corrected chi connectivity index (χ4v) is 6.63. The van der Waals surface area contributed by atoms with Crippen molar-refractivity contribution in [3.05, 3.63) is 130 Å². The van der Waals surface area contributed by atoms with Gasteiger partial charge < -0.3 is 30.3 Å². The molecule has 4 aromatic carbocycles. The Morgan fingerprint density at radius 3 is 1.30 bits per heavy atom. The van der Waals surface area contributed by atoms with Gasteiger partial charge in [0.1, 0.15) is 0 Å². The summed E-state index contributed by atoms with van der Waals surface area (Å²) in [5.41, 5.74) is 12.1. The Morgan fingerprint density at radius 2 is 0.951 bits per heavy atom. The second-order valence-corrected chi connectivity index (χ2v) is 14.4. The van der Waals surface area contributed by atoms with E-state index in [1.165, 1.54) is 11.1 Å². The van der Waals surface area contributed by atoms with Gasteiger partial charge >= 0.3 is 18.5 Å². The number of amides is 5. The van der Waals surface area contributed by atoms with Gasteiger partial charge in [-0.2, -0.15) is 8.78 Å². The molecular weight excluding hydrogens is 787 g/mol. The second-order valence-electron chi connectivity index (χ2n) is 14.4. The Labute approximate surface area is 355 Å². The number of hydrogen-bond acceptors (Lipinski definition) is 8. The molecular formula is C46H54F2N6O7. The smallest absolute Gasteiger partial charge is 0.324 e. The normalized spacial score (nSPS) is 13.8. The van der Waals surface area contributed by atoms with Gasteiger partial charge in [0.15, 0.2) is 11.6 Å². The molecule has 0 radical (unpaired) electrons.